The average Bonchev–Trinajstić information content (AvgIpc) is 2.69. The highest BCUT2D eigenvalue weighted by Gasteiger charge is 2.42. The second-order valence-corrected chi connectivity index (χ2v) is 5.90. The van der Waals surface area contributed by atoms with E-state index in [2.05, 4.69) is 16.0 Å². The Bertz CT molecular complexity index is 442. The maximum absolute atomic E-state index is 11.8. The second kappa shape index (κ2) is 6.30. The van der Waals surface area contributed by atoms with Crippen molar-refractivity contribution in [3.05, 3.63) is 0 Å². The van der Waals surface area contributed by atoms with Gasteiger partial charge in [0, 0.05) is 25.0 Å². The number of amides is 3. The minimum Gasteiger partial charge on any atom is -0.465 e. The van der Waals surface area contributed by atoms with Crippen LogP contribution in [0.25, 0.3) is 0 Å². The van der Waals surface area contributed by atoms with Crippen LogP contribution in [-0.4, -0.2) is 47.2 Å². The first-order valence-electron chi connectivity index (χ1n) is 7.19. The highest BCUT2D eigenvalue weighted by atomic mass is 16.4. The van der Waals surface area contributed by atoms with Gasteiger partial charge >= 0.3 is 6.09 Å². The number of nitrogens with one attached hydrogen (secondary N) is 3. The Balaban J connectivity index is 2.03. The van der Waals surface area contributed by atoms with Crippen LogP contribution >= 0.6 is 0 Å². The van der Waals surface area contributed by atoms with E-state index in [1.54, 1.807) is 0 Å². The lowest BCUT2D eigenvalue weighted by Crippen LogP contribution is -2.52. The van der Waals surface area contributed by atoms with Gasteiger partial charge in [-0.05, 0) is 31.6 Å². The van der Waals surface area contributed by atoms with E-state index in [0.29, 0.717) is 12.8 Å². The number of carbonyl (C=O) groups excluding carboxylic acids is 2. The highest BCUT2D eigenvalue weighted by molar-refractivity contribution is 5.87. The summed E-state index contributed by atoms with van der Waals surface area (Å²) in [6.07, 6.45) is 1.51. The number of hydrogen-bond acceptors (Lipinski definition) is 4. The van der Waals surface area contributed by atoms with E-state index in [1.165, 1.54) is 6.92 Å². The molecule has 0 aromatic rings. The Morgan fingerprint density at radius 3 is 2.62 bits per heavy atom. The molecular formula is C13H22N4O4. The predicted molar refractivity (Wildman–Crippen MR) is 74.4 cm³/mol. The lowest BCUT2D eigenvalue weighted by molar-refractivity contribution is -0.121. The molecule has 2 unspecified atom stereocenters. The fourth-order valence-electron chi connectivity index (χ4n) is 3.39. The Morgan fingerprint density at radius 1 is 1.29 bits per heavy atom. The van der Waals surface area contributed by atoms with Crippen molar-refractivity contribution in [3.63, 3.8) is 0 Å². The van der Waals surface area contributed by atoms with Crippen LogP contribution < -0.4 is 21.7 Å². The molecule has 1 saturated heterocycles. The molecule has 6 N–H and O–H groups in total. The molecule has 0 aromatic heterocycles. The summed E-state index contributed by atoms with van der Waals surface area (Å²) in [5.41, 5.74) is 5.95. The molecule has 21 heavy (non-hydrogen) atoms. The molecule has 0 bridgehead atoms. The van der Waals surface area contributed by atoms with Crippen LogP contribution in [0.3, 0.4) is 0 Å². The van der Waals surface area contributed by atoms with Gasteiger partial charge in [0.25, 0.3) is 0 Å². The molecule has 1 saturated carbocycles. The number of carbonyl (C=O) groups is 3. The Labute approximate surface area is 122 Å². The van der Waals surface area contributed by atoms with Crippen molar-refractivity contribution in [2.75, 3.05) is 0 Å². The third kappa shape index (κ3) is 3.84. The summed E-state index contributed by atoms with van der Waals surface area (Å²) >= 11 is 0. The molecule has 1 aliphatic carbocycles. The van der Waals surface area contributed by atoms with Gasteiger partial charge in [-0.15, -0.1) is 0 Å². The molecular weight excluding hydrogens is 276 g/mol. The first-order valence-corrected chi connectivity index (χ1v) is 7.19. The molecule has 0 radical (unpaired) electrons. The lowest BCUT2D eigenvalue weighted by atomic mass is 9.77. The van der Waals surface area contributed by atoms with Gasteiger partial charge in [-0.1, -0.05) is 0 Å². The Morgan fingerprint density at radius 2 is 2.00 bits per heavy atom. The van der Waals surface area contributed by atoms with Gasteiger partial charge in [-0.25, -0.2) is 4.79 Å². The SMILES string of the molecule is CC(=O)N[C@@H]1C[C@H](N)CC[C@H]1C1CC(NC(=O)O)C(=O)N1. The molecule has 8 nitrogen and oxygen atoms in total. The van der Waals surface area contributed by atoms with E-state index in [9.17, 15) is 14.4 Å². The van der Waals surface area contributed by atoms with E-state index in [1.807, 2.05) is 0 Å². The highest BCUT2D eigenvalue weighted by Crippen LogP contribution is 2.30. The zero-order valence-corrected chi connectivity index (χ0v) is 12.0. The van der Waals surface area contributed by atoms with Crippen molar-refractivity contribution in [1.82, 2.24) is 16.0 Å². The average molecular weight is 298 g/mol. The van der Waals surface area contributed by atoms with Gasteiger partial charge < -0.3 is 26.8 Å². The fraction of sp³-hybridized carbons (Fsp3) is 0.769. The Kier molecular flexibility index (Phi) is 4.66. The summed E-state index contributed by atoms with van der Waals surface area (Å²) in [6, 6.07) is -0.900. The summed E-state index contributed by atoms with van der Waals surface area (Å²) in [6.45, 7) is 1.46. The van der Waals surface area contributed by atoms with Crippen LogP contribution in [-0.2, 0) is 9.59 Å². The topological polar surface area (TPSA) is 134 Å². The van der Waals surface area contributed by atoms with Crippen LogP contribution in [0.4, 0.5) is 4.79 Å². The van der Waals surface area contributed by atoms with E-state index < -0.39 is 12.1 Å². The summed E-state index contributed by atoms with van der Waals surface area (Å²) in [5.74, 6) is -0.347. The van der Waals surface area contributed by atoms with Crippen molar-refractivity contribution in [3.8, 4) is 0 Å². The fourth-order valence-corrected chi connectivity index (χ4v) is 3.39. The zero-order valence-electron chi connectivity index (χ0n) is 12.0. The molecule has 3 amide bonds. The first-order chi connectivity index (χ1) is 9.86. The monoisotopic (exact) mass is 298 g/mol. The van der Waals surface area contributed by atoms with Gasteiger partial charge in [0.15, 0.2) is 0 Å². The number of rotatable bonds is 3. The van der Waals surface area contributed by atoms with Gasteiger partial charge in [0.2, 0.25) is 11.8 Å². The summed E-state index contributed by atoms with van der Waals surface area (Å²) in [5, 5.41) is 16.7. The van der Waals surface area contributed by atoms with Crippen molar-refractivity contribution >= 4 is 17.9 Å². The number of hydrogen-bond donors (Lipinski definition) is 5. The number of carboxylic acid groups (broad SMARTS) is 1. The maximum atomic E-state index is 11.8. The zero-order chi connectivity index (χ0) is 15.6. The predicted octanol–water partition coefficient (Wildman–Crippen LogP) is -0.857. The smallest absolute Gasteiger partial charge is 0.405 e. The van der Waals surface area contributed by atoms with Gasteiger partial charge in [0.1, 0.15) is 6.04 Å². The molecule has 0 spiro atoms. The van der Waals surface area contributed by atoms with E-state index in [4.69, 9.17) is 10.8 Å². The third-order valence-corrected chi connectivity index (χ3v) is 4.28. The van der Waals surface area contributed by atoms with Crippen molar-refractivity contribution in [2.45, 2.75) is 56.8 Å². The van der Waals surface area contributed by atoms with Crippen molar-refractivity contribution in [2.24, 2.45) is 11.7 Å². The van der Waals surface area contributed by atoms with Crippen LogP contribution in [0, 0.1) is 5.92 Å². The molecule has 1 heterocycles. The van der Waals surface area contributed by atoms with Crippen LogP contribution in [0.1, 0.15) is 32.6 Å². The molecule has 2 fully saturated rings. The lowest BCUT2D eigenvalue weighted by Gasteiger charge is -2.38. The second-order valence-electron chi connectivity index (χ2n) is 5.90. The van der Waals surface area contributed by atoms with Gasteiger partial charge in [-0.3, -0.25) is 9.59 Å². The van der Waals surface area contributed by atoms with E-state index in [-0.39, 0.29) is 35.9 Å². The molecule has 8 heteroatoms. The van der Waals surface area contributed by atoms with Gasteiger partial charge in [-0.2, -0.15) is 0 Å². The Hall–Kier alpha value is -1.83. The van der Waals surface area contributed by atoms with Crippen LogP contribution in [0.2, 0.25) is 0 Å². The number of nitrogens with two attached hydrogens (primary N) is 1. The maximum Gasteiger partial charge on any atom is 0.405 e. The molecule has 2 rings (SSSR count). The molecule has 118 valence electrons. The third-order valence-electron chi connectivity index (χ3n) is 4.28. The van der Waals surface area contributed by atoms with Crippen molar-refractivity contribution in [1.29, 1.82) is 0 Å². The first kappa shape index (κ1) is 15.6. The minimum absolute atomic E-state index is 0.0446. The molecule has 0 aromatic carbocycles. The normalized spacial score (nSPS) is 35.9. The minimum atomic E-state index is -1.21. The van der Waals surface area contributed by atoms with E-state index >= 15 is 0 Å². The summed E-state index contributed by atoms with van der Waals surface area (Å²) < 4.78 is 0. The van der Waals surface area contributed by atoms with Crippen molar-refractivity contribution < 1.29 is 19.5 Å². The quantitative estimate of drug-likeness (QED) is 0.462. The summed E-state index contributed by atoms with van der Waals surface area (Å²) in [7, 11) is 0. The van der Waals surface area contributed by atoms with Crippen LogP contribution in [0.5, 0.6) is 0 Å². The molecule has 1 aliphatic heterocycles. The van der Waals surface area contributed by atoms with E-state index in [0.717, 1.165) is 12.8 Å². The molecule has 2 aliphatic rings. The largest absolute Gasteiger partial charge is 0.465 e. The van der Waals surface area contributed by atoms with Gasteiger partial charge in [0.05, 0.1) is 0 Å². The summed E-state index contributed by atoms with van der Waals surface area (Å²) in [4.78, 5) is 33.8. The standard InChI is InChI=1S/C13H22N4O4/c1-6(18)15-9-4-7(14)2-3-8(9)10-5-11(12(19)16-10)17-13(20)21/h7-11,17H,2-5,14H2,1H3,(H,15,18)(H,16,19)(H,20,21)/t7-,8-,9-,10?,11?/m1/s1. The molecule has 5 atom stereocenters. The van der Waals surface area contributed by atoms with Crippen LogP contribution in [0.15, 0.2) is 0 Å².